The number of benzene rings is 1. The molecule has 0 unspecified atom stereocenters. The van der Waals surface area contributed by atoms with Crippen molar-refractivity contribution in [3.05, 3.63) is 57.8 Å². The number of hydrogen-bond acceptors (Lipinski definition) is 2. The molecule has 0 saturated carbocycles. The predicted octanol–water partition coefficient (Wildman–Crippen LogP) is 2.80. The maximum Gasteiger partial charge on any atom is 0.0178 e. The van der Waals surface area contributed by atoms with E-state index in [1.165, 1.54) is 16.0 Å². The van der Waals surface area contributed by atoms with Crippen LogP contribution in [-0.2, 0) is 13.0 Å². The van der Waals surface area contributed by atoms with Gasteiger partial charge in [-0.25, -0.2) is 0 Å². The third-order valence-corrected chi connectivity index (χ3v) is 3.06. The van der Waals surface area contributed by atoms with Crippen molar-refractivity contribution in [2.75, 3.05) is 0 Å². The molecule has 0 bridgehead atoms. The second-order valence-corrected chi connectivity index (χ2v) is 4.31. The first-order chi connectivity index (χ1) is 6.88. The molecule has 1 aromatic heterocycles. The largest absolute Gasteiger partial charge is 0.326 e. The molecule has 0 atom stereocenters. The van der Waals surface area contributed by atoms with Gasteiger partial charge in [-0.1, -0.05) is 30.3 Å². The third kappa shape index (κ3) is 2.22. The first kappa shape index (κ1) is 9.44. The number of nitrogens with two attached hydrogens (primary N) is 1. The Morgan fingerprint density at radius 3 is 2.64 bits per heavy atom. The van der Waals surface area contributed by atoms with E-state index in [2.05, 4.69) is 41.8 Å². The molecule has 1 nitrogen and oxygen atoms in total. The van der Waals surface area contributed by atoms with Gasteiger partial charge in [0.2, 0.25) is 0 Å². The van der Waals surface area contributed by atoms with E-state index in [-0.39, 0.29) is 0 Å². The van der Waals surface area contributed by atoms with E-state index in [4.69, 9.17) is 5.73 Å². The van der Waals surface area contributed by atoms with Gasteiger partial charge >= 0.3 is 0 Å². The van der Waals surface area contributed by atoms with Crippen LogP contribution in [0.5, 0.6) is 0 Å². The molecule has 0 radical (unpaired) electrons. The van der Waals surface area contributed by atoms with Crippen LogP contribution in [0.1, 0.15) is 16.0 Å². The highest BCUT2D eigenvalue weighted by Gasteiger charge is 1.97. The van der Waals surface area contributed by atoms with Gasteiger partial charge in [-0.2, -0.15) is 0 Å². The maximum atomic E-state index is 5.59. The Labute approximate surface area is 88.2 Å². The van der Waals surface area contributed by atoms with E-state index in [1.54, 1.807) is 11.3 Å². The van der Waals surface area contributed by atoms with E-state index in [0.717, 1.165) is 6.42 Å². The number of rotatable bonds is 3. The van der Waals surface area contributed by atoms with Crippen LogP contribution in [0.3, 0.4) is 0 Å². The van der Waals surface area contributed by atoms with Crippen LogP contribution in [-0.4, -0.2) is 0 Å². The fraction of sp³-hybridized carbons (Fsp3) is 0.167. The fourth-order valence-corrected chi connectivity index (χ4v) is 2.22. The van der Waals surface area contributed by atoms with Crippen molar-refractivity contribution in [3.63, 3.8) is 0 Å². The number of thiophene rings is 1. The molecule has 2 heteroatoms. The molecule has 2 N–H and O–H groups in total. The highest BCUT2D eigenvalue weighted by molar-refractivity contribution is 7.09. The zero-order valence-electron chi connectivity index (χ0n) is 7.94. The smallest absolute Gasteiger partial charge is 0.0178 e. The number of hydrogen-bond donors (Lipinski definition) is 1. The van der Waals surface area contributed by atoms with Crippen LogP contribution in [0.4, 0.5) is 0 Å². The summed E-state index contributed by atoms with van der Waals surface area (Å²) in [6.07, 6.45) is 1.02. The zero-order chi connectivity index (χ0) is 9.80. The molecular weight excluding hydrogens is 190 g/mol. The summed E-state index contributed by atoms with van der Waals surface area (Å²) < 4.78 is 0. The zero-order valence-corrected chi connectivity index (χ0v) is 8.76. The Hall–Kier alpha value is -1.12. The van der Waals surface area contributed by atoms with Crippen LogP contribution in [0, 0.1) is 0 Å². The molecule has 0 aliphatic heterocycles. The van der Waals surface area contributed by atoms with Crippen LogP contribution >= 0.6 is 11.3 Å². The lowest BCUT2D eigenvalue weighted by Crippen LogP contribution is -1.96. The summed E-state index contributed by atoms with van der Waals surface area (Å²) in [6.45, 7) is 0.623. The molecule has 0 amide bonds. The highest BCUT2D eigenvalue weighted by atomic mass is 32.1. The van der Waals surface area contributed by atoms with Gasteiger partial charge in [0.15, 0.2) is 0 Å². The summed E-state index contributed by atoms with van der Waals surface area (Å²) in [4.78, 5) is 1.40. The Balaban J connectivity index is 2.17. The van der Waals surface area contributed by atoms with E-state index in [1.807, 2.05) is 0 Å². The van der Waals surface area contributed by atoms with Gasteiger partial charge in [0, 0.05) is 17.8 Å². The van der Waals surface area contributed by atoms with Crippen molar-refractivity contribution in [2.45, 2.75) is 13.0 Å². The standard InChI is InChI=1S/C12H13NS/c13-9-11-4-1-3-10(7-11)8-12-5-2-6-14-12/h1-7H,8-9,13H2. The lowest BCUT2D eigenvalue weighted by Gasteiger charge is -2.01. The lowest BCUT2D eigenvalue weighted by atomic mass is 10.1. The normalized spacial score (nSPS) is 10.4. The molecule has 0 aliphatic carbocycles. The molecule has 2 aromatic rings. The maximum absolute atomic E-state index is 5.59. The lowest BCUT2D eigenvalue weighted by molar-refractivity contribution is 1.06. The van der Waals surface area contributed by atoms with Crippen molar-refractivity contribution >= 4 is 11.3 Å². The first-order valence-electron chi connectivity index (χ1n) is 4.69. The second kappa shape index (κ2) is 4.40. The molecule has 0 aliphatic rings. The van der Waals surface area contributed by atoms with Crippen molar-refractivity contribution in [2.24, 2.45) is 5.73 Å². The summed E-state index contributed by atoms with van der Waals surface area (Å²) >= 11 is 1.80. The van der Waals surface area contributed by atoms with Gasteiger partial charge in [-0.15, -0.1) is 11.3 Å². The predicted molar refractivity (Wildman–Crippen MR) is 61.5 cm³/mol. The van der Waals surface area contributed by atoms with E-state index >= 15 is 0 Å². The fourth-order valence-electron chi connectivity index (χ4n) is 1.48. The molecule has 72 valence electrons. The molecule has 2 rings (SSSR count). The average molecular weight is 203 g/mol. The van der Waals surface area contributed by atoms with Crippen molar-refractivity contribution in [1.82, 2.24) is 0 Å². The first-order valence-corrected chi connectivity index (χ1v) is 5.57. The summed E-state index contributed by atoms with van der Waals surface area (Å²) in [7, 11) is 0. The van der Waals surface area contributed by atoms with Crippen molar-refractivity contribution < 1.29 is 0 Å². The highest BCUT2D eigenvalue weighted by Crippen LogP contribution is 2.15. The Morgan fingerprint density at radius 1 is 1.07 bits per heavy atom. The summed E-state index contributed by atoms with van der Waals surface area (Å²) in [6, 6.07) is 12.7. The second-order valence-electron chi connectivity index (χ2n) is 3.28. The summed E-state index contributed by atoms with van der Waals surface area (Å²) in [5, 5.41) is 2.11. The van der Waals surface area contributed by atoms with Gasteiger partial charge in [-0.05, 0) is 22.6 Å². The third-order valence-electron chi connectivity index (χ3n) is 2.19. The van der Waals surface area contributed by atoms with Gasteiger partial charge in [-0.3, -0.25) is 0 Å². The van der Waals surface area contributed by atoms with Crippen molar-refractivity contribution in [1.29, 1.82) is 0 Å². The SMILES string of the molecule is NCc1cccc(Cc2cccs2)c1. The molecule has 0 spiro atoms. The van der Waals surface area contributed by atoms with Gasteiger partial charge in [0.1, 0.15) is 0 Å². The Bertz CT molecular complexity index is 392. The Morgan fingerprint density at radius 2 is 1.93 bits per heavy atom. The minimum atomic E-state index is 0.623. The van der Waals surface area contributed by atoms with E-state index in [0.29, 0.717) is 6.54 Å². The van der Waals surface area contributed by atoms with Crippen LogP contribution in [0.25, 0.3) is 0 Å². The molecule has 1 aromatic carbocycles. The van der Waals surface area contributed by atoms with Crippen LogP contribution < -0.4 is 5.73 Å². The topological polar surface area (TPSA) is 26.0 Å². The van der Waals surface area contributed by atoms with Gasteiger partial charge < -0.3 is 5.73 Å². The summed E-state index contributed by atoms with van der Waals surface area (Å²) in [5.41, 5.74) is 8.15. The summed E-state index contributed by atoms with van der Waals surface area (Å²) in [5.74, 6) is 0. The Kier molecular flexibility index (Phi) is 2.96. The van der Waals surface area contributed by atoms with Crippen LogP contribution in [0.2, 0.25) is 0 Å². The molecule has 0 saturated heterocycles. The quantitative estimate of drug-likeness (QED) is 0.815. The average Bonchev–Trinajstić information content (AvgIpc) is 2.71. The van der Waals surface area contributed by atoms with Gasteiger partial charge in [0.05, 0.1) is 0 Å². The monoisotopic (exact) mass is 203 g/mol. The van der Waals surface area contributed by atoms with Crippen molar-refractivity contribution in [3.8, 4) is 0 Å². The molecule has 14 heavy (non-hydrogen) atoms. The molecule has 1 heterocycles. The van der Waals surface area contributed by atoms with Gasteiger partial charge in [0.25, 0.3) is 0 Å². The molecule has 0 fully saturated rings. The van der Waals surface area contributed by atoms with E-state index < -0.39 is 0 Å². The van der Waals surface area contributed by atoms with Crippen LogP contribution in [0.15, 0.2) is 41.8 Å². The van der Waals surface area contributed by atoms with E-state index in [9.17, 15) is 0 Å². The minimum Gasteiger partial charge on any atom is -0.326 e. The minimum absolute atomic E-state index is 0.623. The molecular formula is C12H13NS.